The molecule has 1 atom stereocenters. The fraction of sp³-hybridized carbons (Fsp3) is 1.00. The highest BCUT2D eigenvalue weighted by atomic mass is 16.5. The van der Waals surface area contributed by atoms with E-state index in [-0.39, 0.29) is 5.60 Å². The second-order valence-corrected chi connectivity index (χ2v) is 5.64. The van der Waals surface area contributed by atoms with Crippen molar-refractivity contribution in [1.82, 2.24) is 5.32 Å². The first-order chi connectivity index (χ1) is 7.64. The van der Waals surface area contributed by atoms with Crippen LogP contribution in [0.25, 0.3) is 0 Å². The summed E-state index contributed by atoms with van der Waals surface area (Å²) in [7, 11) is 3.97. The molecule has 0 radical (unpaired) electrons. The molecule has 0 aromatic carbocycles. The topological polar surface area (TPSA) is 21.3 Å². The first-order valence-electron chi connectivity index (χ1n) is 6.87. The maximum atomic E-state index is 5.85. The molecule has 0 heterocycles. The molecule has 1 rings (SSSR count). The fourth-order valence-electron chi connectivity index (χ4n) is 3.07. The Balaban J connectivity index is 2.44. The predicted molar refractivity (Wildman–Crippen MR) is 69.7 cm³/mol. The molecular formula is C14H29NO. The Morgan fingerprint density at radius 1 is 1.19 bits per heavy atom. The van der Waals surface area contributed by atoms with Gasteiger partial charge in [0.2, 0.25) is 0 Å². The first kappa shape index (κ1) is 14.0. The maximum Gasteiger partial charge on any atom is 0.0830 e. The van der Waals surface area contributed by atoms with Crippen LogP contribution in [0.15, 0.2) is 0 Å². The van der Waals surface area contributed by atoms with Gasteiger partial charge >= 0.3 is 0 Å². The zero-order valence-electron chi connectivity index (χ0n) is 11.5. The summed E-state index contributed by atoms with van der Waals surface area (Å²) in [5.74, 6) is 0.819. The predicted octanol–water partition coefficient (Wildman–Crippen LogP) is 3.36. The Morgan fingerprint density at radius 2 is 1.81 bits per heavy atom. The minimum absolute atomic E-state index is 0.131. The molecule has 1 aliphatic carbocycles. The van der Waals surface area contributed by atoms with Gasteiger partial charge in [-0.05, 0) is 32.2 Å². The monoisotopic (exact) mass is 227 g/mol. The van der Waals surface area contributed by atoms with Crippen molar-refractivity contribution in [1.29, 1.82) is 0 Å². The van der Waals surface area contributed by atoms with Gasteiger partial charge in [0, 0.05) is 13.2 Å². The van der Waals surface area contributed by atoms with Gasteiger partial charge in [0.15, 0.2) is 0 Å². The van der Waals surface area contributed by atoms with E-state index in [1.54, 1.807) is 0 Å². The molecule has 1 fully saturated rings. The van der Waals surface area contributed by atoms with Crippen LogP contribution in [0.1, 0.15) is 58.8 Å². The number of hydrogen-bond donors (Lipinski definition) is 1. The van der Waals surface area contributed by atoms with Gasteiger partial charge in [-0.1, -0.05) is 39.5 Å². The van der Waals surface area contributed by atoms with E-state index in [9.17, 15) is 0 Å². The lowest BCUT2D eigenvalue weighted by molar-refractivity contribution is -0.0365. The van der Waals surface area contributed by atoms with Crippen LogP contribution in [-0.2, 0) is 4.74 Å². The van der Waals surface area contributed by atoms with Crippen LogP contribution in [0.3, 0.4) is 0 Å². The van der Waals surface area contributed by atoms with E-state index in [0.29, 0.717) is 6.04 Å². The average Bonchev–Trinajstić information content (AvgIpc) is 2.73. The van der Waals surface area contributed by atoms with Crippen molar-refractivity contribution in [3.05, 3.63) is 0 Å². The first-order valence-corrected chi connectivity index (χ1v) is 6.87. The van der Waals surface area contributed by atoms with Crippen molar-refractivity contribution < 1.29 is 4.74 Å². The summed E-state index contributed by atoms with van der Waals surface area (Å²) in [6, 6.07) is 0.541. The van der Waals surface area contributed by atoms with Gasteiger partial charge in [-0.3, -0.25) is 0 Å². The van der Waals surface area contributed by atoms with Crippen LogP contribution < -0.4 is 5.32 Å². The van der Waals surface area contributed by atoms with Gasteiger partial charge in [0.05, 0.1) is 5.60 Å². The summed E-state index contributed by atoms with van der Waals surface area (Å²) in [5, 5.41) is 3.48. The quantitative estimate of drug-likeness (QED) is 0.720. The summed E-state index contributed by atoms with van der Waals surface area (Å²) in [4.78, 5) is 0. The minimum atomic E-state index is 0.131. The SMILES string of the molecule is CNC(CCCC(C)C)C1(OC)CCCC1. The van der Waals surface area contributed by atoms with Crippen molar-refractivity contribution >= 4 is 0 Å². The van der Waals surface area contributed by atoms with Crippen molar-refractivity contribution in [2.24, 2.45) is 5.92 Å². The van der Waals surface area contributed by atoms with E-state index in [0.717, 1.165) is 5.92 Å². The third-order valence-corrected chi connectivity index (χ3v) is 4.11. The molecule has 2 nitrogen and oxygen atoms in total. The Hall–Kier alpha value is -0.0800. The smallest absolute Gasteiger partial charge is 0.0830 e. The molecule has 0 spiro atoms. The highest BCUT2D eigenvalue weighted by Gasteiger charge is 2.40. The molecule has 16 heavy (non-hydrogen) atoms. The zero-order chi connectivity index (χ0) is 12.0. The number of methoxy groups -OCH3 is 1. The molecule has 1 aliphatic rings. The molecule has 0 saturated heterocycles. The van der Waals surface area contributed by atoms with E-state index < -0.39 is 0 Å². The average molecular weight is 227 g/mol. The van der Waals surface area contributed by atoms with Gasteiger partial charge in [-0.15, -0.1) is 0 Å². The summed E-state index contributed by atoms with van der Waals surface area (Å²) >= 11 is 0. The Bertz CT molecular complexity index is 185. The normalized spacial score (nSPS) is 21.6. The van der Waals surface area contributed by atoms with Gasteiger partial charge < -0.3 is 10.1 Å². The molecule has 1 N–H and O–H groups in total. The Kier molecular flexibility index (Phi) is 5.77. The van der Waals surface area contributed by atoms with Crippen molar-refractivity contribution in [2.45, 2.75) is 70.4 Å². The molecule has 1 saturated carbocycles. The van der Waals surface area contributed by atoms with Crippen molar-refractivity contribution in [3.63, 3.8) is 0 Å². The van der Waals surface area contributed by atoms with E-state index >= 15 is 0 Å². The number of hydrogen-bond acceptors (Lipinski definition) is 2. The Morgan fingerprint density at radius 3 is 2.25 bits per heavy atom. The molecule has 0 aromatic rings. The van der Waals surface area contributed by atoms with Gasteiger partial charge in [0.1, 0.15) is 0 Å². The van der Waals surface area contributed by atoms with Crippen LogP contribution in [0.5, 0.6) is 0 Å². The number of nitrogens with one attached hydrogen (secondary N) is 1. The summed E-state index contributed by atoms with van der Waals surface area (Å²) < 4.78 is 5.85. The molecule has 0 aliphatic heterocycles. The summed E-state index contributed by atoms with van der Waals surface area (Å²) in [6.45, 7) is 4.60. The van der Waals surface area contributed by atoms with Gasteiger partial charge in [-0.2, -0.15) is 0 Å². The fourth-order valence-corrected chi connectivity index (χ4v) is 3.07. The van der Waals surface area contributed by atoms with Crippen molar-refractivity contribution in [3.8, 4) is 0 Å². The molecule has 0 amide bonds. The van der Waals surface area contributed by atoms with Gasteiger partial charge in [-0.25, -0.2) is 0 Å². The van der Waals surface area contributed by atoms with Crippen LogP contribution >= 0.6 is 0 Å². The summed E-state index contributed by atoms with van der Waals surface area (Å²) in [5.41, 5.74) is 0.131. The van der Waals surface area contributed by atoms with E-state index in [2.05, 4.69) is 26.2 Å². The number of ether oxygens (including phenoxy) is 1. The number of likely N-dealkylation sites (N-methyl/N-ethyl adjacent to an activating group) is 1. The lowest BCUT2D eigenvalue weighted by Gasteiger charge is -2.36. The second kappa shape index (κ2) is 6.61. The third-order valence-electron chi connectivity index (χ3n) is 4.11. The molecule has 0 aromatic heterocycles. The van der Waals surface area contributed by atoms with Crippen LogP contribution in [0, 0.1) is 5.92 Å². The van der Waals surface area contributed by atoms with Crippen molar-refractivity contribution in [2.75, 3.05) is 14.2 Å². The molecule has 0 bridgehead atoms. The largest absolute Gasteiger partial charge is 0.377 e. The molecule has 96 valence electrons. The molecule has 2 heteroatoms. The van der Waals surface area contributed by atoms with E-state index in [1.807, 2.05) is 7.11 Å². The second-order valence-electron chi connectivity index (χ2n) is 5.64. The highest BCUT2D eigenvalue weighted by Crippen LogP contribution is 2.37. The lowest BCUT2D eigenvalue weighted by Crippen LogP contribution is -2.49. The Labute approximate surface area is 101 Å². The zero-order valence-corrected chi connectivity index (χ0v) is 11.5. The summed E-state index contributed by atoms with van der Waals surface area (Å²) in [6.07, 6.45) is 9.02. The van der Waals surface area contributed by atoms with Crippen LogP contribution in [0.2, 0.25) is 0 Å². The van der Waals surface area contributed by atoms with E-state index in [4.69, 9.17) is 4.74 Å². The standard InChI is InChI=1S/C14H29NO/c1-12(2)8-7-9-13(15-3)14(16-4)10-5-6-11-14/h12-13,15H,5-11H2,1-4H3. The highest BCUT2D eigenvalue weighted by molar-refractivity contribution is 4.96. The maximum absolute atomic E-state index is 5.85. The minimum Gasteiger partial charge on any atom is -0.377 e. The third kappa shape index (κ3) is 3.46. The van der Waals surface area contributed by atoms with Gasteiger partial charge in [0.25, 0.3) is 0 Å². The van der Waals surface area contributed by atoms with Crippen LogP contribution in [-0.4, -0.2) is 25.8 Å². The van der Waals surface area contributed by atoms with Crippen LogP contribution in [0.4, 0.5) is 0 Å². The van der Waals surface area contributed by atoms with E-state index in [1.165, 1.54) is 44.9 Å². The lowest BCUT2D eigenvalue weighted by atomic mass is 9.87. The number of rotatable bonds is 7. The molecular weight excluding hydrogens is 198 g/mol. The molecule has 1 unspecified atom stereocenters.